The second kappa shape index (κ2) is 11.6. The molecule has 1 aliphatic rings. The number of methoxy groups -OCH3 is 1. The Kier molecular flexibility index (Phi) is 7.87. The molecular weight excluding hydrogens is 476 g/mol. The molecule has 0 atom stereocenters. The van der Waals surface area contributed by atoms with Gasteiger partial charge in [-0.3, -0.25) is 4.79 Å². The lowest BCUT2D eigenvalue weighted by Gasteiger charge is -2.32. The van der Waals surface area contributed by atoms with Crippen LogP contribution in [0.1, 0.15) is 25.3 Å². The molecule has 0 spiro atoms. The van der Waals surface area contributed by atoms with E-state index in [9.17, 15) is 4.79 Å². The van der Waals surface area contributed by atoms with Gasteiger partial charge in [0.2, 0.25) is 5.91 Å². The second-order valence-electron chi connectivity index (χ2n) is 8.97. The number of aromatic amines is 1. The van der Waals surface area contributed by atoms with Crippen molar-refractivity contribution in [3.63, 3.8) is 0 Å². The molecule has 0 unspecified atom stereocenters. The number of anilines is 1. The first-order chi connectivity index (χ1) is 18.2. The summed E-state index contributed by atoms with van der Waals surface area (Å²) in [7, 11) is 1.63. The zero-order chi connectivity index (χ0) is 25.6. The maximum absolute atomic E-state index is 12.7. The van der Waals surface area contributed by atoms with Crippen LogP contribution in [0.4, 0.5) is 5.82 Å². The van der Waals surface area contributed by atoms with Crippen molar-refractivity contribution in [3.8, 4) is 11.3 Å². The molecular formula is C25H32N8O4. The summed E-state index contributed by atoms with van der Waals surface area (Å²) in [6.07, 6.45) is 7.01. The smallest absolute Gasteiger partial charge is 0.224 e. The number of nitrogens with zero attached hydrogens (tertiary/aromatic N) is 6. The van der Waals surface area contributed by atoms with Crippen molar-refractivity contribution >= 4 is 33.8 Å². The Bertz CT molecular complexity index is 1350. The van der Waals surface area contributed by atoms with Crippen molar-refractivity contribution in [1.29, 1.82) is 0 Å². The van der Waals surface area contributed by atoms with Crippen LogP contribution in [-0.2, 0) is 19.0 Å². The highest BCUT2D eigenvalue weighted by Crippen LogP contribution is 2.34. The maximum Gasteiger partial charge on any atom is 0.224 e. The Morgan fingerprint density at radius 2 is 1.89 bits per heavy atom. The summed E-state index contributed by atoms with van der Waals surface area (Å²) >= 11 is 0. The Morgan fingerprint density at radius 1 is 1.11 bits per heavy atom. The van der Waals surface area contributed by atoms with Crippen LogP contribution in [-0.4, -0.2) is 93.8 Å². The van der Waals surface area contributed by atoms with Crippen LogP contribution < -0.4 is 5.73 Å². The number of nitrogen functional groups attached to an aromatic ring is 1. The van der Waals surface area contributed by atoms with Gasteiger partial charge in [-0.15, -0.1) is 0 Å². The minimum absolute atomic E-state index is 0.0963. The third-order valence-corrected chi connectivity index (χ3v) is 6.62. The summed E-state index contributed by atoms with van der Waals surface area (Å²) in [6, 6.07) is 4.10. The van der Waals surface area contributed by atoms with Gasteiger partial charge in [-0.1, -0.05) is 0 Å². The van der Waals surface area contributed by atoms with Gasteiger partial charge in [0.05, 0.1) is 50.9 Å². The number of carbonyl (C=O) groups excluding carboxylic acids is 1. The molecule has 0 saturated carbocycles. The number of piperidine rings is 1. The van der Waals surface area contributed by atoms with Gasteiger partial charge in [0, 0.05) is 43.5 Å². The van der Waals surface area contributed by atoms with Gasteiger partial charge in [0.1, 0.15) is 23.5 Å². The summed E-state index contributed by atoms with van der Waals surface area (Å²) in [5.74, 6) is 0.485. The number of pyridine rings is 1. The average molecular weight is 509 g/mol. The number of carbonyl (C=O) groups is 1. The molecule has 4 aromatic rings. The zero-order valence-corrected chi connectivity index (χ0v) is 20.9. The number of rotatable bonds is 11. The lowest BCUT2D eigenvalue weighted by atomic mass is 10.0. The lowest BCUT2D eigenvalue weighted by molar-refractivity contribution is -0.133. The number of amides is 1. The van der Waals surface area contributed by atoms with Crippen molar-refractivity contribution in [3.05, 3.63) is 30.9 Å². The van der Waals surface area contributed by atoms with Crippen molar-refractivity contribution in [2.45, 2.75) is 25.3 Å². The third-order valence-electron chi connectivity index (χ3n) is 6.62. The quantitative estimate of drug-likeness (QED) is 0.291. The summed E-state index contributed by atoms with van der Waals surface area (Å²) in [5, 5.41) is 6.66. The van der Waals surface area contributed by atoms with Gasteiger partial charge in [-0.2, -0.15) is 5.10 Å². The van der Waals surface area contributed by atoms with E-state index in [4.69, 9.17) is 25.0 Å². The van der Waals surface area contributed by atoms with E-state index in [0.29, 0.717) is 69.7 Å². The number of hydrogen-bond donors (Lipinski definition) is 2. The van der Waals surface area contributed by atoms with Gasteiger partial charge in [-0.25, -0.2) is 19.6 Å². The van der Waals surface area contributed by atoms with Crippen LogP contribution in [0.3, 0.4) is 0 Å². The summed E-state index contributed by atoms with van der Waals surface area (Å²) in [4.78, 5) is 30.9. The number of nitrogens with one attached hydrogen (secondary N) is 1. The predicted octanol–water partition coefficient (Wildman–Crippen LogP) is 2.18. The molecule has 0 bridgehead atoms. The van der Waals surface area contributed by atoms with Crippen LogP contribution in [0.5, 0.6) is 0 Å². The third kappa shape index (κ3) is 5.55. The minimum Gasteiger partial charge on any atom is -0.383 e. The number of likely N-dealkylation sites (tertiary alicyclic amines) is 1. The molecule has 37 heavy (non-hydrogen) atoms. The van der Waals surface area contributed by atoms with Crippen LogP contribution in [0.25, 0.3) is 33.3 Å². The first-order valence-corrected chi connectivity index (χ1v) is 12.5. The van der Waals surface area contributed by atoms with Gasteiger partial charge in [0.15, 0.2) is 5.65 Å². The predicted molar refractivity (Wildman–Crippen MR) is 138 cm³/mol. The van der Waals surface area contributed by atoms with E-state index in [1.54, 1.807) is 13.3 Å². The molecule has 196 valence electrons. The summed E-state index contributed by atoms with van der Waals surface area (Å²) < 4.78 is 17.8. The molecule has 5 rings (SSSR count). The van der Waals surface area contributed by atoms with E-state index in [0.717, 1.165) is 34.8 Å². The van der Waals surface area contributed by atoms with E-state index in [-0.39, 0.29) is 11.9 Å². The van der Waals surface area contributed by atoms with Gasteiger partial charge in [-0.05, 0) is 25.0 Å². The summed E-state index contributed by atoms with van der Waals surface area (Å²) in [6.45, 7) is 3.74. The van der Waals surface area contributed by atoms with Crippen LogP contribution in [0, 0.1) is 0 Å². The molecule has 0 aliphatic carbocycles. The van der Waals surface area contributed by atoms with Crippen molar-refractivity contribution < 1.29 is 19.0 Å². The molecule has 1 aliphatic heterocycles. The van der Waals surface area contributed by atoms with Crippen molar-refractivity contribution in [2.24, 2.45) is 0 Å². The molecule has 1 amide bonds. The highest BCUT2D eigenvalue weighted by Gasteiger charge is 2.28. The molecule has 12 nitrogen and oxygen atoms in total. The number of fused-ring (bicyclic) bond motifs is 2. The Morgan fingerprint density at radius 3 is 2.70 bits per heavy atom. The van der Waals surface area contributed by atoms with E-state index >= 15 is 0 Å². The average Bonchev–Trinajstić information content (AvgIpc) is 3.55. The highest BCUT2D eigenvalue weighted by atomic mass is 16.5. The van der Waals surface area contributed by atoms with E-state index in [1.807, 2.05) is 27.9 Å². The van der Waals surface area contributed by atoms with Gasteiger partial charge >= 0.3 is 0 Å². The fraction of sp³-hybridized carbons (Fsp3) is 0.480. The number of H-pyrrole nitrogens is 1. The lowest BCUT2D eigenvalue weighted by Crippen LogP contribution is -2.39. The Balaban J connectivity index is 1.22. The van der Waals surface area contributed by atoms with Crippen LogP contribution >= 0.6 is 0 Å². The molecule has 4 aromatic heterocycles. The molecule has 1 saturated heterocycles. The molecule has 1 fully saturated rings. The van der Waals surface area contributed by atoms with Crippen LogP contribution in [0.2, 0.25) is 0 Å². The first kappa shape index (κ1) is 25.1. The minimum atomic E-state index is 0.0963. The standard InChI is InChI=1S/C25H32N8O4/c1-35-10-11-37-13-12-36-9-5-20(34)32-7-3-19(4-8-32)33-25-21(23(26)29-16-30-25)22(31-33)18-14-17-2-6-27-24(17)28-15-18/h2,6,14-16,19H,3-5,7-13H2,1H3,(H,27,28)(H2,26,29,30). The first-order valence-electron chi connectivity index (χ1n) is 12.5. The maximum atomic E-state index is 12.7. The zero-order valence-electron chi connectivity index (χ0n) is 20.9. The van der Waals surface area contributed by atoms with E-state index < -0.39 is 0 Å². The number of aromatic nitrogens is 6. The Hall–Kier alpha value is -3.61. The normalized spacial score (nSPS) is 14.7. The SMILES string of the molecule is COCCOCCOCCC(=O)N1CCC(n2nc(-c3cnc4[nH]ccc4c3)c3c(N)ncnc32)CC1. The number of hydrogen-bond acceptors (Lipinski definition) is 9. The van der Waals surface area contributed by atoms with E-state index in [2.05, 4.69) is 19.9 Å². The largest absolute Gasteiger partial charge is 0.383 e. The fourth-order valence-corrected chi connectivity index (χ4v) is 4.66. The number of nitrogens with two attached hydrogens (primary N) is 1. The topological polar surface area (TPSA) is 146 Å². The molecule has 3 N–H and O–H groups in total. The highest BCUT2D eigenvalue weighted by molar-refractivity contribution is 5.99. The summed E-state index contributed by atoms with van der Waals surface area (Å²) in [5.41, 5.74) is 9.36. The second-order valence-corrected chi connectivity index (χ2v) is 8.97. The fourth-order valence-electron chi connectivity index (χ4n) is 4.66. The van der Waals surface area contributed by atoms with Crippen molar-refractivity contribution in [1.82, 2.24) is 34.6 Å². The van der Waals surface area contributed by atoms with E-state index in [1.165, 1.54) is 6.33 Å². The Labute approximate surface area is 214 Å². The van der Waals surface area contributed by atoms with Gasteiger partial charge in [0.25, 0.3) is 0 Å². The molecule has 5 heterocycles. The molecule has 0 aromatic carbocycles. The molecule has 12 heteroatoms. The number of ether oxygens (including phenoxy) is 3. The van der Waals surface area contributed by atoms with Gasteiger partial charge < -0.3 is 29.8 Å². The van der Waals surface area contributed by atoms with Crippen molar-refractivity contribution in [2.75, 3.05) is 59.0 Å². The monoisotopic (exact) mass is 508 g/mol. The molecule has 0 radical (unpaired) electrons. The van der Waals surface area contributed by atoms with Crippen LogP contribution in [0.15, 0.2) is 30.9 Å².